The molecule has 0 unspecified atom stereocenters. The van der Waals surface area contributed by atoms with Crippen molar-refractivity contribution in [2.75, 3.05) is 12.1 Å². The zero-order valence-electron chi connectivity index (χ0n) is 11.7. The lowest BCUT2D eigenvalue weighted by Crippen LogP contribution is -2.30. The Labute approximate surface area is 127 Å². The van der Waals surface area contributed by atoms with Gasteiger partial charge in [0.2, 0.25) is 12.7 Å². The first-order chi connectivity index (χ1) is 10.6. The van der Waals surface area contributed by atoms with E-state index in [1.54, 1.807) is 36.4 Å². The Hall–Kier alpha value is -2.51. The van der Waals surface area contributed by atoms with Crippen LogP contribution >= 0.6 is 0 Å². The first-order valence-corrected chi connectivity index (χ1v) is 6.76. The molecule has 0 spiro atoms. The molecular formula is C15H14BNO5. The van der Waals surface area contributed by atoms with Crippen molar-refractivity contribution in [3.63, 3.8) is 0 Å². The van der Waals surface area contributed by atoms with E-state index in [1.807, 2.05) is 0 Å². The van der Waals surface area contributed by atoms with Gasteiger partial charge < -0.3 is 24.8 Å². The third-order valence-corrected chi connectivity index (χ3v) is 3.27. The van der Waals surface area contributed by atoms with Crippen LogP contribution in [-0.4, -0.2) is 29.9 Å². The second-order valence-electron chi connectivity index (χ2n) is 4.91. The maximum atomic E-state index is 12.1. The summed E-state index contributed by atoms with van der Waals surface area (Å²) in [5.74, 6) is 1.10. The van der Waals surface area contributed by atoms with Gasteiger partial charge in [-0.2, -0.15) is 0 Å². The summed E-state index contributed by atoms with van der Waals surface area (Å²) in [7, 11) is -1.56. The Balaban J connectivity index is 1.66. The lowest BCUT2D eigenvalue weighted by molar-refractivity contribution is -0.115. The Morgan fingerprint density at radius 2 is 1.95 bits per heavy atom. The van der Waals surface area contributed by atoms with Crippen molar-refractivity contribution in [3.8, 4) is 11.5 Å². The lowest BCUT2D eigenvalue weighted by Gasteiger charge is -2.08. The van der Waals surface area contributed by atoms with Crippen LogP contribution in [0, 0.1) is 0 Å². The fraction of sp³-hybridized carbons (Fsp3) is 0.133. The van der Waals surface area contributed by atoms with E-state index in [2.05, 4.69) is 5.32 Å². The highest BCUT2D eigenvalue weighted by Gasteiger charge is 2.15. The van der Waals surface area contributed by atoms with Gasteiger partial charge in [0.15, 0.2) is 11.5 Å². The van der Waals surface area contributed by atoms with Gasteiger partial charge in [-0.3, -0.25) is 4.79 Å². The summed E-state index contributed by atoms with van der Waals surface area (Å²) < 4.78 is 10.5. The first-order valence-electron chi connectivity index (χ1n) is 6.76. The number of benzene rings is 2. The molecule has 0 saturated carbocycles. The quantitative estimate of drug-likeness (QED) is 0.706. The SMILES string of the molecule is O=C(Cc1ccc2c(c1)OCO2)Nc1cccc(B(O)O)c1. The van der Waals surface area contributed by atoms with Gasteiger partial charge in [0.25, 0.3) is 0 Å². The molecule has 112 valence electrons. The highest BCUT2D eigenvalue weighted by molar-refractivity contribution is 6.58. The van der Waals surface area contributed by atoms with E-state index in [-0.39, 0.29) is 19.1 Å². The molecule has 1 amide bonds. The van der Waals surface area contributed by atoms with Crippen LogP contribution in [0.3, 0.4) is 0 Å². The molecule has 7 heteroatoms. The van der Waals surface area contributed by atoms with E-state index in [0.717, 1.165) is 5.56 Å². The molecule has 3 N–H and O–H groups in total. The van der Waals surface area contributed by atoms with Crippen LogP contribution in [0.4, 0.5) is 5.69 Å². The Morgan fingerprint density at radius 1 is 1.14 bits per heavy atom. The fourth-order valence-corrected chi connectivity index (χ4v) is 2.22. The maximum Gasteiger partial charge on any atom is 0.488 e. The van der Waals surface area contributed by atoms with E-state index in [4.69, 9.17) is 19.5 Å². The van der Waals surface area contributed by atoms with Crippen molar-refractivity contribution < 1.29 is 24.3 Å². The average molecular weight is 299 g/mol. The predicted octanol–water partition coefficient (Wildman–Crippen LogP) is 0.276. The fourth-order valence-electron chi connectivity index (χ4n) is 2.22. The second kappa shape index (κ2) is 6.09. The van der Waals surface area contributed by atoms with E-state index in [1.165, 1.54) is 6.07 Å². The molecule has 22 heavy (non-hydrogen) atoms. The summed E-state index contributed by atoms with van der Waals surface area (Å²) in [6.45, 7) is 0.196. The molecule has 6 nitrogen and oxygen atoms in total. The van der Waals surface area contributed by atoms with Crippen molar-refractivity contribution in [2.45, 2.75) is 6.42 Å². The number of amides is 1. The molecule has 2 aromatic rings. The molecule has 3 rings (SSSR count). The Morgan fingerprint density at radius 3 is 2.77 bits per heavy atom. The van der Waals surface area contributed by atoms with Gasteiger partial charge in [-0.25, -0.2) is 0 Å². The molecule has 0 bridgehead atoms. The molecule has 0 fully saturated rings. The molecule has 2 aromatic carbocycles. The van der Waals surface area contributed by atoms with Crippen molar-refractivity contribution in [1.29, 1.82) is 0 Å². The van der Waals surface area contributed by atoms with Gasteiger partial charge in [0.05, 0.1) is 6.42 Å². The van der Waals surface area contributed by atoms with E-state index in [9.17, 15) is 4.79 Å². The number of anilines is 1. The van der Waals surface area contributed by atoms with Crippen LogP contribution in [0.2, 0.25) is 0 Å². The minimum Gasteiger partial charge on any atom is -0.454 e. The lowest BCUT2D eigenvalue weighted by atomic mass is 9.80. The third kappa shape index (κ3) is 3.21. The van der Waals surface area contributed by atoms with Gasteiger partial charge >= 0.3 is 7.12 Å². The van der Waals surface area contributed by atoms with Crippen LogP contribution in [0.15, 0.2) is 42.5 Å². The Bertz CT molecular complexity index is 704. The number of hydrogen-bond acceptors (Lipinski definition) is 5. The topological polar surface area (TPSA) is 88.0 Å². The largest absolute Gasteiger partial charge is 0.488 e. The van der Waals surface area contributed by atoms with Crippen molar-refractivity contribution >= 4 is 24.2 Å². The van der Waals surface area contributed by atoms with Crippen LogP contribution in [0.5, 0.6) is 11.5 Å². The number of carbonyl (C=O) groups excluding carboxylic acids is 1. The zero-order valence-corrected chi connectivity index (χ0v) is 11.7. The number of ether oxygens (including phenoxy) is 2. The summed E-state index contributed by atoms with van der Waals surface area (Å²) >= 11 is 0. The molecule has 0 atom stereocenters. The number of rotatable bonds is 4. The molecule has 0 aromatic heterocycles. The van der Waals surface area contributed by atoms with Crippen molar-refractivity contribution in [1.82, 2.24) is 0 Å². The summed E-state index contributed by atoms with van der Waals surface area (Å²) in [4.78, 5) is 12.1. The number of hydrogen-bond donors (Lipinski definition) is 3. The van der Waals surface area contributed by atoms with Crippen molar-refractivity contribution in [2.24, 2.45) is 0 Å². The molecule has 1 aliphatic heterocycles. The number of nitrogens with one attached hydrogen (secondary N) is 1. The standard InChI is InChI=1S/C15H14BNO5/c18-15(17-12-3-1-2-11(8-12)16(19)20)7-10-4-5-13-14(6-10)22-9-21-13/h1-6,8,19-20H,7,9H2,(H,17,18). The van der Waals surface area contributed by atoms with Gasteiger partial charge in [-0.05, 0) is 35.3 Å². The van der Waals surface area contributed by atoms with Gasteiger partial charge in [0, 0.05) is 5.69 Å². The first kappa shape index (κ1) is 14.4. The van der Waals surface area contributed by atoms with Crippen LogP contribution in [0.25, 0.3) is 0 Å². The monoisotopic (exact) mass is 299 g/mol. The van der Waals surface area contributed by atoms with Gasteiger partial charge in [0.1, 0.15) is 0 Å². The number of carbonyl (C=O) groups is 1. The highest BCUT2D eigenvalue weighted by Crippen LogP contribution is 2.32. The van der Waals surface area contributed by atoms with E-state index >= 15 is 0 Å². The van der Waals surface area contributed by atoms with Crippen LogP contribution < -0.4 is 20.3 Å². The summed E-state index contributed by atoms with van der Waals surface area (Å²) in [6, 6.07) is 11.8. The summed E-state index contributed by atoms with van der Waals surface area (Å²) in [6.07, 6.45) is 0.183. The minimum atomic E-state index is -1.56. The van der Waals surface area contributed by atoms with Gasteiger partial charge in [-0.15, -0.1) is 0 Å². The molecule has 0 radical (unpaired) electrons. The molecule has 1 aliphatic rings. The second-order valence-corrected chi connectivity index (χ2v) is 4.91. The highest BCUT2D eigenvalue weighted by atomic mass is 16.7. The molecular weight excluding hydrogens is 285 g/mol. The maximum absolute atomic E-state index is 12.1. The Kier molecular flexibility index (Phi) is 3.99. The normalized spacial score (nSPS) is 12.1. The smallest absolute Gasteiger partial charge is 0.454 e. The van der Waals surface area contributed by atoms with Crippen molar-refractivity contribution in [3.05, 3.63) is 48.0 Å². The minimum absolute atomic E-state index is 0.183. The average Bonchev–Trinajstić information content (AvgIpc) is 2.95. The zero-order chi connectivity index (χ0) is 15.5. The third-order valence-electron chi connectivity index (χ3n) is 3.27. The predicted molar refractivity (Wildman–Crippen MR) is 81.2 cm³/mol. The summed E-state index contributed by atoms with van der Waals surface area (Å²) in [5, 5.41) is 21.0. The number of fused-ring (bicyclic) bond motifs is 1. The van der Waals surface area contributed by atoms with E-state index < -0.39 is 7.12 Å². The van der Waals surface area contributed by atoms with E-state index in [0.29, 0.717) is 22.6 Å². The van der Waals surface area contributed by atoms with Gasteiger partial charge in [-0.1, -0.05) is 18.2 Å². The molecule has 1 heterocycles. The molecule has 0 saturated heterocycles. The van der Waals surface area contributed by atoms with Crippen LogP contribution in [0.1, 0.15) is 5.56 Å². The summed E-state index contributed by atoms with van der Waals surface area (Å²) in [5.41, 5.74) is 1.64. The van der Waals surface area contributed by atoms with Crippen LogP contribution in [-0.2, 0) is 11.2 Å². The molecule has 0 aliphatic carbocycles.